The molecule has 1 spiro atoms. The highest BCUT2D eigenvalue weighted by Gasteiger charge is 2.51. The highest BCUT2D eigenvalue weighted by atomic mass is 32.3. The zero-order valence-electron chi connectivity index (χ0n) is 15.8. The predicted molar refractivity (Wildman–Crippen MR) is 104 cm³/mol. The molecule has 2 aromatic carbocycles. The Labute approximate surface area is 165 Å². The lowest BCUT2D eigenvalue weighted by Crippen LogP contribution is -2.39. The number of hydrogen-bond acceptors (Lipinski definition) is 6. The lowest BCUT2D eigenvalue weighted by molar-refractivity contribution is -0.00604. The third-order valence-corrected chi connectivity index (χ3v) is 7.06. The molecule has 2 heterocycles. The van der Waals surface area contributed by atoms with Crippen LogP contribution >= 0.6 is 0 Å². The van der Waals surface area contributed by atoms with Crippen LogP contribution in [0.25, 0.3) is 0 Å². The minimum atomic E-state index is -3.62. The van der Waals surface area contributed by atoms with Gasteiger partial charge in [-0.05, 0) is 42.0 Å². The largest absolute Gasteiger partial charge is 0.593 e. The first-order chi connectivity index (χ1) is 13.5. The predicted octanol–water partition coefficient (Wildman–Crippen LogP) is 2.88. The van der Waals surface area contributed by atoms with Crippen molar-refractivity contribution in [3.63, 3.8) is 0 Å². The van der Waals surface area contributed by atoms with Gasteiger partial charge in [-0.25, -0.2) is 0 Å². The molecule has 7 nitrogen and oxygen atoms in total. The summed E-state index contributed by atoms with van der Waals surface area (Å²) in [7, 11) is -0.484. The number of benzene rings is 2. The highest BCUT2D eigenvalue weighted by molar-refractivity contribution is 7.95. The maximum atomic E-state index is 13.0. The van der Waals surface area contributed by atoms with E-state index in [1.165, 1.54) is 17.5 Å². The van der Waals surface area contributed by atoms with Crippen molar-refractivity contribution in [3.05, 3.63) is 54.1 Å². The maximum Gasteiger partial charge on any atom is 0.179 e. The molecule has 0 amide bonds. The Balaban J connectivity index is 1.48. The quantitative estimate of drug-likeness (QED) is 0.718. The molecule has 148 valence electrons. The van der Waals surface area contributed by atoms with E-state index in [9.17, 15) is 8.76 Å². The molecule has 2 aromatic rings. The molecule has 28 heavy (non-hydrogen) atoms. The van der Waals surface area contributed by atoms with E-state index in [0.717, 1.165) is 17.0 Å². The number of methoxy groups -OCH3 is 2. The molecule has 0 saturated carbocycles. The van der Waals surface area contributed by atoms with Crippen LogP contribution in [0.1, 0.15) is 18.4 Å². The van der Waals surface area contributed by atoms with E-state index in [1.807, 2.05) is 24.3 Å². The van der Waals surface area contributed by atoms with Crippen LogP contribution in [0.15, 0.2) is 58.6 Å². The molecule has 0 bridgehead atoms. The Bertz CT molecular complexity index is 946. The summed E-state index contributed by atoms with van der Waals surface area (Å²) in [5.41, 5.74) is 1.16. The molecule has 8 heteroatoms. The zero-order chi connectivity index (χ0) is 19.8. The van der Waals surface area contributed by atoms with Crippen molar-refractivity contribution < 1.29 is 23.1 Å². The van der Waals surface area contributed by atoms with E-state index >= 15 is 0 Å². The van der Waals surface area contributed by atoms with E-state index < -0.39 is 16.0 Å². The van der Waals surface area contributed by atoms with E-state index in [-0.39, 0.29) is 11.4 Å². The lowest BCUT2D eigenvalue weighted by atomic mass is 9.93. The summed E-state index contributed by atoms with van der Waals surface area (Å²) < 4.78 is 37.9. The van der Waals surface area contributed by atoms with Gasteiger partial charge in [0.15, 0.2) is 20.9 Å². The standard InChI is InChI=1S/C20H22N2O5S/c1-25-16-8-6-15(7-9-16)19-13-20(27-21-19)10-11-22(14-20)28(23,24)18-5-3-4-17(12-18)26-2/h3-9,12H,10-11,13-14H2,1-2H3. The van der Waals surface area contributed by atoms with Crippen LogP contribution in [0.3, 0.4) is 0 Å². The molecule has 0 radical (unpaired) electrons. The lowest BCUT2D eigenvalue weighted by Gasteiger charge is -2.25. The summed E-state index contributed by atoms with van der Waals surface area (Å²) in [6, 6.07) is 14.1. The van der Waals surface area contributed by atoms with Gasteiger partial charge in [0, 0.05) is 25.5 Å². The number of rotatable bonds is 5. The summed E-state index contributed by atoms with van der Waals surface area (Å²) in [5, 5.41) is 4.25. The molecular formula is C20H22N2O5S. The van der Waals surface area contributed by atoms with Crippen LogP contribution < -0.4 is 9.47 Å². The molecule has 2 aliphatic heterocycles. The monoisotopic (exact) mass is 402 g/mol. The normalized spacial score (nSPS) is 23.9. The fourth-order valence-corrected chi connectivity index (χ4v) is 5.15. The van der Waals surface area contributed by atoms with E-state index in [2.05, 4.69) is 5.16 Å². The average Bonchev–Trinajstić information content (AvgIpc) is 3.35. The van der Waals surface area contributed by atoms with Crippen molar-refractivity contribution in [1.29, 1.82) is 0 Å². The van der Waals surface area contributed by atoms with Crippen molar-refractivity contribution in [2.24, 2.45) is 5.16 Å². The minimum Gasteiger partial charge on any atom is -0.593 e. The maximum absolute atomic E-state index is 13.0. The molecule has 0 aliphatic carbocycles. The van der Waals surface area contributed by atoms with Gasteiger partial charge in [-0.1, -0.05) is 15.4 Å². The topological polar surface area (TPSA) is 83.4 Å². The number of ether oxygens (including phenoxy) is 2. The second-order valence-corrected chi connectivity index (χ2v) is 8.92. The number of hydrogen-bond donors (Lipinski definition) is 0. The van der Waals surface area contributed by atoms with E-state index in [0.29, 0.717) is 25.1 Å². The van der Waals surface area contributed by atoms with Crippen LogP contribution in [0.4, 0.5) is 0 Å². The molecule has 2 aliphatic rings. The molecule has 2 unspecified atom stereocenters. The molecule has 4 rings (SSSR count). The van der Waals surface area contributed by atoms with Crippen LogP contribution in [-0.2, 0) is 19.4 Å². The van der Waals surface area contributed by atoms with Gasteiger partial charge in [0.05, 0.1) is 26.5 Å². The van der Waals surface area contributed by atoms with E-state index in [4.69, 9.17) is 14.3 Å². The Morgan fingerprint density at radius 3 is 2.61 bits per heavy atom. The van der Waals surface area contributed by atoms with Gasteiger partial charge in [-0.15, -0.1) is 4.31 Å². The molecule has 1 fully saturated rings. The minimum absolute atomic E-state index is 0.221. The Morgan fingerprint density at radius 1 is 1.14 bits per heavy atom. The van der Waals surface area contributed by atoms with Gasteiger partial charge < -0.3 is 18.9 Å². The van der Waals surface area contributed by atoms with Gasteiger partial charge >= 0.3 is 0 Å². The van der Waals surface area contributed by atoms with Crippen LogP contribution in [-0.4, -0.2) is 47.5 Å². The summed E-state index contributed by atoms with van der Waals surface area (Å²) in [4.78, 5) is 5.98. The SMILES string of the molecule is COc1ccc(C2=NOC3(CCN([S+](=O)([O-])c4cccc(OC)c4)C3)C2)cc1. The van der Waals surface area contributed by atoms with Crippen LogP contribution in [0.5, 0.6) is 11.5 Å². The molecular weight excluding hydrogens is 380 g/mol. The third-order valence-electron chi connectivity index (χ3n) is 5.22. The molecule has 2 atom stereocenters. The second kappa shape index (κ2) is 7.20. The molecule has 0 aromatic heterocycles. The van der Waals surface area contributed by atoms with Crippen molar-refractivity contribution >= 4 is 16.1 Å². The van der Waals surface area contributed by atoms with Crippen LogP contribution in [0.2, 0.25) is 0 Å². The Hall–Kier alpha value is -2.42. The van der Waals surface area contributed by atoms with Crippen molar-refractivity contribution in [2.45, 2.75) is 23.3 Å². The third kappa shape index (κ3) is 3.39. The second-order valence-electron chi connectivity index (χ2n) is 6.99. The van der Waals surface area contributed by atoms with Crippen molar-refractivity contribution in [2.75, 3.05) is 27.3 Å². The molecule has 0 N–H and O–H groups in total. The summed E-state index contributed by atoms with van der Waals surface area (Å²) in [5.74, 6) is 1.28. The van der Waals surface area contributed by atoms with Gasteiger partial charge in [0.2, 0.25) is 0 Å². The summed E-state index contributed by atoms with van der Waals surface area (Å²) in [6.45, 7) is 0.667. The van der Waals surface area contributed by atoms with E-state index in [1.54, 1.807) is 25.3 Å². The first-order valence-electron chi connectivity index (χ1n) is 8.99. The zero-order valence-corrected chi connectivity index (χ0v) is 16.6. The average molecular weight is 402 g/mol. The van der Waals surface area contributed by atoms with Gasteiger partial charge in [0.25, 0.3) is 0 Å². The first-order valence-corrected chi connectivity index (χ1v) is 10.4. The van der Waals surface area contributed by atoms with Gasteiger partial charge in [-0.2, -0.15) is 0 Å². The molecule has 1 saturated heterocycles. The summed E-state index contributed by atoms with van der Waals surface area (Å²) in [6.07, 6.45) is 1.17. The number of oxime groups is 1. The van der Waals surface area contributed by atoms with Crippen molar-refractivity contribution in [3.8, 4) is 11.5 Å². The number of sulfonamides is 1. The van der Waals surface area contributed by atoms with Gasteiger partial charge in [-0.3, -0.25) is 0 Å². The Kier molecular flexibility index (Phi) is 4.86. The Morgan fingerprint density at radius 2 is 1.89 bits per heavy atom. The highest BCUT2D eigenvalue weighted by Crippen LogP contribution is 2.39. The fraction of sp³-hybridized carbons (Fsp3) is 0.350. The smallest absolute Gasteiger partial charge is 0.179 e. The van der Waals surface area contributed by atoms with Crippen molar-refractivity contribution in [1.82, 2.24) is 4.31 Å². The van der Waals surface area contributed by atoms with Crippen LogP contribution in [0, 0.1) is 0 Å². The fourth-order valence-electron chi connectivity index (χ4n) is 3.60. The first kappa shape index (κ1) is 18.9. The summed E-state index contributed by atoms with van der Waals surface area (Å²) >= 11 is 0. The number of nitrogens with zero attached hydrogens (tertiary/aromatic N) is 2. The van der Waals surface area contributed by atoms with Gasteiger partial charge in [0.1, 0.15) is 11.5 Å².